The van der Waals surface area contributed by atoms with Crippen molar-refractivity contribution in [3.63, 3.8) is 0 Å². The summed E-state index contributed by atoms with van der Waals surface area (Å²) < 4.78 is 4.73. The maximum absolute atomic E-state index is 11.3. The van der Waals surface area contributed by atoms with Gasteiger partial charge in [0.15, 0.2) is 0 Å². The maximum Gasteiger partial charge on any atom is 0.411 e. The topological polar surface area (TPSA) is 75.6 Å². The van der Waals surface area contributed by atoms with Gasteiger partial charge in [0, 0.05) is 11.1 Å². The second kappa shape index (κ2) is 6.66. The number of anilines is 1. The second-order valence-corrected chi connectivity index (χ2v) is 3.69. The van der Waals surface area contributed by atoms with Crippen LogP contribution in [0.25, 0.3) is 6.08 Å². The van der Waals surface area contributed by atoms with Gasteiger partial charge in [0.1, 0.15) is 0 Å². The Hall–Kier alpha value is -2.01. The van der Waals surface area contributed by atoms with E-state index in [0.29, 0.717) is 16.3 Å². The van der Waals surface area contributed by atoms with Gasteiger partial charge in [-0.25, -0.2) is 9.59 Å². The first-order chi connectivity index (χ1) is 8.52. The lowest BCUT2D eigenvalue weighted by atomic mass is 10.1. The van der Waals surface area contributed by atoms with E-state index in [4.69, 9.17) is 21.4 Å². The first-order valence-corrected chi connectivity index (χ1v) is 5.55. The van der Waals surface area contributed by atoms with E-state index < -0.39 is 12.1 Å². The number of aliphatic carboxylic acids is 1. The molecule has 0 bridgehead atoms. The Labute approximate surface area is 109 Å². The fourth-order valence-corrected chi connectivity index (χ4v) is 1.39. The molecular formula is C12H12ClNO4. The molecule has 0 aromatic heterocycles. The number of hydrogen-bond donors (Lipinski definition) is 2. The predicted octanol–water partition coefficient (Wildman–Crippen LogP) is 3.01. The fourth-order valence-electron chi connectivity index (χ4n) is 1.22. The van der Waals surface area contributed by atoms with Gasteiger partial charge in [-0.05, 0) is 30.7 Å². The van der Waals surface area contributed by atoms with E-state index >= 15 is 0 Å². The zero-order valence-electron chi connectivity index (χ0n) is 9.64. The van der Waals surface area contributed by atoms with Crippen molar-refractivity contribution in [1.29, 1.82) is 0 Å². The Balaban J connectivity index is 2.96. The third-order valence-corrected chi connectivity index (χ3v) is 2.17. The standard InChI is InChI=1S/C12H12ClNO4/c1-2-18-12(17)14-10-7-9(13)5-3-8(10)4-6-11(15)16/h3-7H,2H2,1H3,(H,14,17)(H,15,16)/b6-4+. The van der Waals surface area contributed by atoms with Crippen molar-refractivity contribution in [2.75, 3.05) is 11.9 Å². The molecule has 0 atom stereocenters. The van der Waals surface area contributed by atoms with Crippen LogP contribution >= 0.6 is 11.6 Å². The minimum absolute atomic E-state index is 0.243. The lowest BCUT2D eigenvalue weighted by Gasteiger charge is -2.08. The zero-order chi connectivity index (χ0) is 13.5. The number of hydrogen-bond acceptors (Lipinski definition) is 3. The smallest absolute Gasteiger partial charge is 0.411 e. The number of carbonyl (C=O) groups is 2. The van der Waals surface area contributed by atoms with E-state index in [1.165, 1.54) is 12.1 Å². The molecule has 0 spiro atoms. The summed E-state index contributed by atoms with van der Waals surface area (Å²) in [6.45, 7) is 1.93. The van der Waals surface area contributed by atoms with Crippen LogP contribution in [0.5, 0.6) is 0 Å². The Morgan fingerprint density at radius 2 is 2.22 bits per heavy atom. The number of nitrogens with one attached hydrogen (secondary N) is 1. The van der Waals surface area contributed by atoms with Crippen molar-refractivity contribution in [2.24, 2.45) is 0 Å². The highest BCUT2D eigenvalue weighted by molar-refractivity contribution is 6.31. The number of carbonyl (C=O) groups excluding carboxylic acids is 1. The normalized spacial score (nSPS) is 10.3. The Morgan fingerprint density at radius 3 is 2.83 bits per heavy atom. The molecular weight excluding hydrogens is 258 g/mol. The molecule has 1 rings (SSSR count). The molecule has 5 nitrogen and oxygen atoms in total. The lowest BCUT2D eigenvalue weighted by molar-refractivity contribution is -0.131. The molecule has 18 heavy (non-hydrogen) atoms. The average molecular weight is 270 g/mol. The molecule has 0 saturated heterocycles. The van der Waals surface area contributed by atoms with Gasteiger partial charge in [0.05, 0.1) is 12.3 Å². The summed E-state index contributed by atoms with van der Waals surface area (Å²) in [5, 5.41) is 11.5. The number of rotatable bonds is 4. The summed E-state index contributed by atoms with van der Waals surface area (Å²) in [5.74, 6) is -1.08. The molecule has 2 N–H and O–H groups in total. The number of carboxylic acids is 1. The molecule has 1 amide bonds. The maximum atomic E-state index is 11.3. The second-order valence-electron chi connectivity index (χ2n) is 3.25. The van der Waals surface area contributed by atoms with E-state index in [9.17, 15) is 9.59 Å². The van der Waals surface area contributed by atoms with Gasteiger partial charge in [-0.1, -0.05) is 17.7 Å². The van der Waals surface area contributed by atoms with Crippen molar-refractivity contribution in [2.45, 2.75) is 6.92 Å². The van der Waals surface area contributed by atoms with E-state index in [1.54, 1.807) is 19.1 Å². The number of benzene rings is 1. The van der Waals surface area contributed by atoms with Crippen molar-refractivity contribution in [3.8, 4) is 0 Å². The summed E-state index contributed by atoms with van der Waals surface area (Å²) in [4.78, 5) is 21.7. The number of ether oxygens (including phenoxy) is 1. The SMILES string of the molecule is CCOC(=O)Nc1cc(Cl)ccc1/C=C/C(=O)O. The van der Waals surface area contributed by atoms with Gasteiger partial charge in [0.2, 0.25) is 0 Å². The molecule has 1 aromatic rings. The Morgan fingerprint density at radius 1 is 1.50 bits per heavy atom. The van der Waals surface area contributed by atoms with Gasteiger partial charge < -0.3 is 9.84 Å². The minimum Gasteiger partial charge on any atom is -0.478 e. The monoisotopic (exact) mass is 269 g/mol. The molecule has 0 aliphatic carbocycles. The summed E-state index contributed by atoms with van der Waals surface area (Å²) in [5.41, 5.74) is 0.910. The van der Waals surface area contributed by atoms with Crippen LogP contribution < -0.4 is 5.32 Å². The predicted molar refractivity (Wildman–Crippen MR) is 68.8 cm³/mol. The highest BCUT2D eigenvalue weighted by Gasteiger charge is 2.06. The van der Waals surface area contributed by atoms with Crippen LogP contribution in [0.1, 0.15) is 12.5 Å². The van der Waals surface area contributed by atoms with E-state index in [0.717, 1.165) is 6.08 Å². The molecule has 0 heterocycles. The van der Waals surface area contributed by atoms with Gasteiger partial charge in [0.25, 0.3) is 0 Å². The van der Waals surface area contributed by atoms with Gasteiger partial charge in [-0.2, -0.15) is 0 Å². The van der Waals surface area contributed by atoms with Crippen molar-refractivity contribution in [3.05, 3.63) is 34.9 Å². The van der Waals surface area contributed by atoms with Crippen LogP contribution in [-0.2, 0) is 9.53 Å². The molecule has 0 aliphatic rings. The van der Waals surface area contributed by atoms with Crippen molar-refractivity contribution in [1.82, 2.24) is 0 Å². The van der Waals surface area contributed by atoms with Crippen LogP contribution in [0.3, 0.4) is 0 Å². The van der Waals surface area contributed by atoms with E-state index in [2.05, 4.69) is 5.32 Å². The van der Waals surface area contributed by atoms with E-state index in [1.807, 2.05) is 0 Å². The first-order valence-electron chi connectivity index (χ1n) is 5.17. The lowest BCUT2D eigenvalue weighted by Crippen LogP contribution is -2.14. The molecule has 6 heteroatoms. The zero-order valence-corrected chi connectivity index (χ0v) is 10.4. The summed E-state index contributed by atoms with van der Waals surface area (Å²) in [7, 11) is 0. The fraction of sp³-hybridized carbons (Fsp3) is 0.167. The summed E-state index contributed by atoms with van der Waals surface area (Å²) >= 11 is 5.81. The number of halogens is 1. The van der Waals surface area contributed by atoms with E-state index in [-0.39, 0.29) is 6.61 Å². The van der Waals surface area contributed by atoms with Crippen LogP contribution in [0.4, 0.5) is 10.5 Å². The highest BCUT2D eigenvalue weighted by Crippen LogP contribution is 2.22. The van der Waals surface area contributed by atoms with Crippen LogP contribution in [-0.4, -0.2) is 23.8 Å². The van der Waals surface area contributed by atoms with Crippen LogP contribution in [0.15, 0.2) is 24.3 Å². The number of carboxylic acid groups (broad SMARTS) is 1. The molecule has 1 aromatic carbocycles. The van der Waals surface area contributed by atoms with Crippen molar-refractivity contribution < 1.29 is 19.4 Å². The molecule has 0 fully saturated rings. The number of amides is 1. The largest absolute Gasteiger partial charge is 0.478 e. The summed E-state index contributed by atoms with van der Waals surface area (Å²) in [6, 6.07) is 4.71. The third kappa shape index (κ3) is 4.47. The Kier molecular flexibility index (Phi) is 5.20. The molecule has 0 aliphatic heterocycles. The molecule has 0 saturated carbocycles. The third-order valence-electron chi connectivity index (χ3n) is 1.93. The molecule has 0 radical (unpaired) electrons. The highest BCUT2D eigenvalue weighted by atomic mass is 35.5. The molecule has 96 valence electrons. The summed E-state index contributed by atoms with van der Waals surface area (Å²) in [6.07, 6.45) is 1.71. The van der Waals surface area contributed by atoms with Gasteiger partial charge in [-0.15, -0.1) is 0 Å². The van der Waals surface area contributed by atoms with Crippen molar-refractivity contribution >= 4 is 35.4 Å². The van der Waals surface area contributed by atoms with Crippen LogP contribution in [0, 0.1) is 0 Å². The average Bonchev–Trinajstić information content (AvgIpc) is 2.28. The van der Waals surface area contributed by atoms with Crippen LogP contribution in [0.2, 0.25) is 5.02 Å². The van der Waals surface area contributed by atoms with Gasteiger partial charge in [-0.3, -0.25) is 5.32 Å². The van der Waals surface area contributed by atoms with Gasteiger partial charge >= 0.3 is 12.1 Å². The quantitative estimate of drug-likeness (QED) is 0.824. The first kappa shape index (κ1) is 14.1. The Bertz CT molecular complexity index is 485. The molecule has 0 unspecified atom stereocenters. The minimum atomic E-state index is -1.08.